The molecule has 1 fully saturated rings. The molecular weight excluding hydrogens is 359 g/mol. The molecule has 1 atom stereocenters. The second-order valence-electron chi connectivity index (χ2n) is 6.43. The van der Waals surface area contributed by atoms with E-state index in [4.69, 9.17) is 28.2 Å². The Bertz CT molecular complexity index is 774. The van der Waals surface area contributed by atoms with Crippen molar-refractivity contribution in [1.29, 1.82) is 0 Å². The number of hydrogen-bond acceptors (Lipinski definition) is 3. The molecule has 2 heterocycles. The summed E-state index contributed by atoms with van der Waals surface area (Å²) in [4.78, 5) is 18.2. The Morgan fingerprint density at radius 3 is 2.52 bits per heavy atom. The van der Waals surface area contributed by atoms with E-state index in [1.807, 2.05) is 37.3 Å². The van der Waals surface area contributed by atoms with Gasteiger partial charge in [-0.2, -0.15) is 0 Å². The summed E-state index contributed by atoms with van der Waals surface area (Å²) in [6.07, 6.45) is 1.28. The minimum Gasteiger partial charge on any atom is -0.481 e. The normalized spacial score (nSPS) is 17.4. The van der Waals surface area contributed by atoms with E-state index < -0.39 is 5.97 Å². The number of carboxylic acid groups (broad SMARTS) is 1. The molecule has 1 saturated heterocycles. The molecule has 6 heteroatoms. The van der Waals surface area contributed by atoms with E-state index in [9.17, 15) is 9.90 Å². The molecule has 0 amide bonds. The smallest absolute Gasteiger partial charge is 0.306 e. The number of rotatable bonds is 4. The Kier molecular flexibility index (Phi) is 5.62. The van der Waals surface area contributed by atoms with E-state index in [0.717, 1.165) is 17.0 Å². The van der Waals surface area contributed by atoms with Gasteiger partial charge in [-0.1, -0.05) is 35.3 Å². The summed E-state index contributed by atoms with van der Waals surface area (Å²) in [5.74, 6) is -0.976. The standard InChI is InChI=1S/C19H20Cl2N2O2/c1-12-3-2-4-17(22-12)18(14-5-6-15(20)16(21)11-14)23-9-7-13(8-10-23)19(24)25/h2-6,11,13,18H,7-10H2,1H3,(H,24,25). The van der Waals surface area contributed by atoms with E-state index in [1.54, 1.807) is 6.07 Å². The van der Waals surface area contributed by atoms with Crippen molar-refractivity contribution in [3.05, 3.63) is 63.4 Å². The molecule has 1 N–H and O–H groups in total. The van der Waals surface area contributed by atoms with E-state index >= 15 is 0 Å². The fraction of sp³-hybridized carbons (Fsp3) is 0.368. The van der Waals surface area contributed by atoms with Crippen molar-refractivity contribution in [3.8, 4) is 0 Å². The molecule has 1 aromatic heterocycles. The van der Waals surface area contributed by atoms with Gasteiger partial charge in [0.1, 0.15) is 0 Å². The number of likely N-dealkylation sites (tertiary alicyclic amines) is 1. The van der Waals surface area contributed by atoms with Crippen LogP contribution in [-0.4, -0.2) is 34.0 Å². The van der Waals surface area contributed by atoms with Crippen LogP contribution in [0, 0.1) is 12.8 Å². The van der Waals surface area contributed by atoms with Crippen molar-refractivity contribution in [2.24, 2.45) is 5.92 Å². The van der Waals surface area contributed by atoms with Crippen LogP contribution < -0.4 is 0 Å². The van der Waals surface area contributed by atoms with E-state index in [2.05, 4.69) is 4.90 Å². The lowest BCUT2D eigenvalue weighted by molar-refractivity contribution is -0.143. The van der Waals surface area contributed by atoms with Gasteiger partial charge >= 0.3 is 5.97 Å². The van der Waals surface area contributed by atoms with Crippen molar-refractivity contribution in [2.75, 3.05) is 13.1 Å². The fourth-order valence-corrected chi connectivity index (χ4v) is 3.68. The number of nitrogens with zero attached hydrogens (tertiary/aromatic N) is 2. The predicted molar refractivity (Wildman–Crippen MR) is 99.2 cm³/mol. The van der Waals surface area contributed by atoms with Gasteiger partial charge in [0, 0.05) is 5.69 Å². The number of hydrogen-bond donors (Lipinski definition) is 1. The summed E-state index contributed by atoms with van der Waals surface area (Å²) in [5.41, 5.74) is 2.90. The summed E-state index contributed by atoms with van der Waals surface area (Å²) >= 11 is 12.3. The van der Waals surface area contributed by atoms with Crippen LogP contribution in [0.25, 0.3) is 0 Å². The third-order valence-electron chi connectivity index (χ3n) is 4.69. The van der Waals surface area contributed by atoms with Gasteiger partial charge in [0.05, 0.1) is 27.7 Å². The van der Waals surface area contributed by atoms with Gasteiger partial charge in [0.15, 0.2) is 0 Å². The first-order valence-corrected chi connectivity index (χ1v) is 9.06. The molecule has 25 heavy (non-hydrogen) atoms. The van der Waals surface area contributed by atoms with Crippen LogP contribution in [0.5, 0.6) is 0 Å². The molecule has 3 rings (SSSR count). The summed E-state index contributed by atoms with van der Waals surface area (Å²) in [7, 11) is 0. The lowest BCUT2D eigenvalue weighted by Gasteiger charge is -2.36. The van der Waals surface area contributed by atoms with Crippen LogP contribution in [0.3, 0.4) is 0 Å². The fourth-order valence-electron chi connectivity index (χ4n) is 3.37. The first-order valence-electron chi connectivity index (χ1n) is 8.31. The Balaban J connectivity index is 1.95. The zero-order valence-corrected chi connectivity index (χ0v) is 15.5. The maximum absolute atomic E-state index is 11.2. The van der Waals surface area contributed by atoms with Gasteiger partial charge in [-0.15, -0.1) is 0 Å². The average Bonchev–Trinajstić information content (AvgIpc) is 2.59. The Hall–Kier alpha value is -1.62. The summed E-state index contributed by atoms with van der Waals surface area (Å²) in [5, 5.41) is 10.3. The number of piperidine rings is 1. The first kappa shape index (κ1) is 18.2. The largest absolute Gasteiger partial charge is 0.481 e. The molecule has 4 nitrogen and oxygen atoms in total. The third-order valence-corrected chi connectivity index (χ3v) is 5.43. The molecular formula is C19H20Cl2N2O2. The number of aryl methyl sites for hydroxylation is 1. The quantitative estimate of drug-likeness (QED) is 0.845. The van der Waals surface area contributed by atoms with E-state index in [-0.39, 0.29) is 12.0 Å². The molecule has 1 aliphatic rings. The summed E-state index contributed by atoms with van der Waals surface area (Å²) in [6, 6.07) is 11.5. The Morgan fingerprint density at radius 1 is 1.20 bits per heavy atom. The maximum atomic E-state index is 11.2. The van der Waals surface area contributed by atoms with Gasteiger partial charge in [-0.3, -0.25) is 14.7 Å². The van der Waals surface area contributed by atoms with Gasteiger partial charge in [-0.05, 0) is 62.7 Å². The van der Waals surface area contributed by atoms with Crippen molar-refractivity contribution < 1.29 is 9.90 Å². The third kappa shape index (κ3) is 4.14. The van der Waals surface area contributed by atoms with Crippen LogP contribution in [-0.2, 0) is 4.79 Å². The first-order chi connectivity index (χ1) is 12.0. The maximum Gasteiger partial charge on any atom is 0.306 e. The SMILES string of the molecule is Cc1cccc(C(c2ccc(Cl)c(Cl)c2)N2CCC(C(=O)O)CC2)n1. The molecule has 0 aliphatic carbocycles. The van der Waals surface area contributed by atoms with Crippen molar-refractivity contribution in [2.45, 2.75) is 25.8 Å². The molecule has 0 spiro atoms. The van der Waals surface area contributed by atoms with Crippen LogP contribution >= 0.6 is 23.2 Å². The monoisotopic (exact) mass is 378 g/mol. The van der Waals surface area contributed by atoms with Crippen LogP contribution in [0.2, 0.25) is 10.0 Å². The molecule has 132 valence electrons. The Labute approximate surface area is 157 Å². The van der Waals surface area contributed by atoms with Crippen LogP contribution in [0.4, 0.5) is 0 Å². The molecule has 0 bridgehead atoms. The number of halogens is 2. The van der Waals surface area contributed by atoms with E-state index in [0.29, 0.717) is 36.0 Å². The molecule has 0 saturated carbocycles. The van der Waals surface area contributed by atoms with Crippen LogP contribution in [0.1, 0.15) is 35.8 Å². The van der Waals surface area contributed by atoms with Crippen molar-refractivity contribution >= 4 is 29.2 Å². The zero-order valence-electron chi connectivity index (χ0n) is 14.0. The lowest BCUT2D eigenvalue weighted by atomic mass is 9.93. The molecule has 0 radical (unpaired) electrons. The van der Waals surface area contributed by atoms with Crippen LogP contribution in [0.15, 0.2) is 36.4 Å². The highest BCUT2D eigenvalue weighted by atomic mass is 35.5. The molecule has 2 aromatic rings. The second kappa shape index (κ2) is 7.73. The number of aromatic nitrogens is 1. The Morgan fingerprint density at radius 2 is 1.92 bits per heavy atom. The van der Waals surface area contributed by atoms with Gasteiger partial charge < -0.3 is 5.11 Å². The van der Waals surface area contributed by atoms with Crippen molar-refractivity contribution in [3.63, 3.8) is 0 Å². The number of aliphatic carboxylic acids is 1. The second-order valence-corrected chi connectivity index (χ2v) is 7.24. The summed E-state index contributed by atoms with van der Waals surface area (Å²) in [6.45, 7) is 3.38. The average molecular weight is 379 g/mol. The number of pyridine rings is 1. The highest BCUT2D eigenvalue weighted by Crippen LogP contribution is 2.34. The van der Waals surface area contributed by atoms with Gasteiger partial charge in [0.25, 0.3) is 0 Å². The number of carbonyl (C=O) groups is 1. The minimum absolute atomic E-state index is 0.0654. The van der Waals surface area contributed by atoms with E-state index in [1.165, 1.54) is 0 Å². The molecule has 1 aromatic carbocycles. The number of carboxylic acids is 1. The predicted octanol–water partition coefficient (Wildman–Crippen LogP) is 4.58. The van der Waals surface area contributed by atoms with Crippen molar-refractivity contribution in [1.82, 2.24) is 9.88 Å². The lowest BCUT2D eigenvalue weighted by Crippen LogP contribution is -2.39. The topological polar surface area (TPSA) is 53.4 Å². The molecule has 1 aliphatic heterocycles. The van der Waals surface area contributed by atoms with Gasteiger partial charge in [-0.25, -0.2) is 0 Å². The summed E-state index contributed by atoms with van der Waals surface area (Å²) < 4.78 is 0. The number of benzene rings is 1. The minimum atomic E-state index is -0.709. The van der Waals surface area contributed by atoms with Gasteiger partial charge in [0.2, 0.25) is 0 Å². The zero-order chi connectivity index (χ0) is 18.0. The highest BCUT2D eigenvalue weighted by molar-refractivity contribution is 6.42. The molecule has 1 unspecified atom stereocenters. The highest BCUT2D eigenvalue weighted by Gasteiger charge is 2.31.